The van der Waals surface area contributed by atoms with Gasteiger partial charge in [-0.3, -0.25) is 4.79 Å². The van der Waals surface area contributed by atoms with Crippen LogP contribution in [0.1, 0.15) is 42.1 Å². The molecule has 1 aromatic rings. The summed E-state index contributed by atoms with van der Waals surface area (Å²) in [5.74, 6) is -0.00870. The maximum absolute atomic E-state index is 11.1. The first-order valence-corrected chi connectivity index (χ1v) is 6.34. The molecule has 0 aliphatic carbocycles. The Morgan fingerprint density at radius 3 is 2.88 bits per heavy atom. The molecule has 5 heteroatoms. The van der Waals surface area contributed by atoms with Gasteiger partial charge < -0.3 is 11.1 Å². The molecule has 1 rings (SSSR count). The Kier molecular flexibility index (Phi) is 5.42. The Labute approximate surface area is 100 Å². The molecule has 0 aliphatic heterocycles. The van der Waals surface area contributed by atoms with Crippen molar-refractivity contribution in [2.75, 3.05) is 6.54 Å². The molecule has 0 bridgehead atoms. The molecular formula is C11H19N3OS. The van der Waals surface area contributed by atoms with Gasteiger partial charge in [-0.15, -0.1) is 11.3 Å². The van der Waals surface area contributed by atoms with Gasteiger partial charge in [0.15, 0.2) is 0 Å². The molecule has 1 amide bonds. The van der Waals surface area contributed by atoms with Crippen LogP contribution < -0.4 is 11.1 Å². The van der Waals surface area contributed by atoms with Crippen molar-refractivity contribution in [3.8, 4) is 0 Å². The van der Waals surface area contributed by atoms with Gasteiger partial charge in [0, 0.05) is 18.0 Å². The molecular weight excluding hydrogens is 222 g/mol. The number of hydrogen-bond acceptors (Lipinski definition) is 4. The second-order valence-electron chi connectivity index (χ2n) is 3.85. The lowest BCUT2D eigenvalue weighted by atomic mass is 10.1. The number of aromatic nitrogens is 1. The molecule has 1 atom stereocenters. The van der Waals surface area contributed by atoms with Gasteiger partial charge in [0.1, 0.15) is 5.01 Å². The summed E-state index contributed by atoms with van der Waals surface area (Å²) in [5, 5.41) is 3.93. The maximum atomic E-state index is 11.1. The molecule has 1 heterocycles. The first-order chi connectivity index (χ1) is 7.63. The van der Waals surface area contributed by atoms with Gasteiger partial charge in [0.05, 0.1) is 6.04 Å². The summed E-state index contributed by atoms with van der Waals surface area (Å²) in [5.41, 5.74) is 5.46. The zero-order chi connectivity index (χ0) is 12.0. The number of nitrogens with zero attached hydrogens (tertiary/aromatic N) is 1. The highest BCUT2D eigenvalue weighted by Crippen LogP contribution is 2.23. The van der Waals surface area contributed by atoms with Crippen molar-refractivity contribution in [1.29, 1.82) is 0 Å². The summed E-state index contributed by atoms with van der Waals surface area (Å²) in [6.07, 6.45) is 4.75. The van der Waals surface area contributed by atoms with Crippen LogP contribution >= 0.6 is 11.3 Å². The molecule has 0 aromatic carbocycles. The lowest BCUT2D eigenvalue weighted by molar-refractivity contribution is -0.119. The van der Waals surface area contributed by atoms with Gasteiger partial charge in [-0.1, -0.05) is 0 Å². The highest BCUT2D eigenvalue weighted by molar-refractivity contribution is 7.11. The van der Waals surface area contributed by atoms with E-state index >= 15 is 0 Å². The average Bonchev–Trinajstić information content (AvgIpc) is 2.63. The van der Waals surface area contributed by atoms with E-state index in [0.717, 1.165) is 24.3 Å². The molecule has 3 N–H and O–H groups in total. The summed E-state index contributed by atoms with van der Waals surface area (Å²) in [7, 11) is 0. The van der Waals surface area contributed by atoms with Crippen molar-refractivity contribution < 1.29 is 4.79 Å². The SMILES string of the molecule is CC(=O)N[C@@H](CCCCN)c1ncc(C)s1. The number of nitrogens with one attached hydrogen (secondary N) is 1. The first-order valence-electron chi connectivity index (χ1n) is 5.53. The predicted octanol–water partition coefficient (Wildman–Crippen LogP) is 1.76. The maximum Gasteiger partial charge on any atom is 0.217 e. The summed E-state index contributed by atoms with van der Waals surface area (Å²) < 4.78 is 0. The number of thiazole rings is 1. The Morgan fingerprint density at radius 1 is 1.62 bits per heavy atom. The van der Waals surface area contributed by atoms with Gasteiger partial charge in [-0.25, -0.2) is 4.98 Å². The van der Waals surface area contributed by atoms with Crippen LogP contribution in [0.25, 0.3) is 0 Å². The number of hydrogen-bond donors (Lipinski definition) is 2. The van der Waals surface area contributed by atoms with E-state index in [0.29, 0.717) is 6.54 Å². The molecule has 0 saturated heterocycles. The fourth-order valence-corrected chi connectivity index (χ4v) is 2.39. The van der Waals surface area contributed by atoms with E-state index in [1.807, 2.05) is 13.1 Å². The number of rotatable bonds is 6. The largest absolute Gasteiger partial charge is 0.347 e. The van der Waals surface area contributed by atoms with Crippen LogP contribution in [0.2, 0.25) is 0 Å². The molecule has 0 aliphatic rings. The summed E-state index contributed by atoms with van der Waals surface area (Å²) >= 11 is 1.64. The molecule has 16 heavy (non-hydrogen) atoms. The van der Waals surface area contributed by atoms with Crippen molar-refractivity contribution in [2.24, 2.45) is 5.73 Å². The van der Waals surface area contributed by atoms with Crippen LogP contribution in [0, 0.1) is 6.92 Å². The number of carbonyl (C=O) groups is 1. The number of unbranched alkanes of at least 4 members (excludes halogenated alkanes) is 1. The van der Waals surface area contributed by atoms with E-state index in [4.69, 9.17) is 5.73 Å². The van der Waals surface area contributed by atoms with E-state index < -0.39 is 0 Å². The fraction of sp³-hybridized carbons (Fsp3) is 0.636. The highest BCUT2D eigenvalue weighted by atomic mass is 32.1. The Bertz CT molecular complexity index is 338. The molecule has 90 valence electrons. The van der Waals surface area contributed by atoms with Crippen molar-refractivity contribution >= 4 is 17.2 Å². The first kappa shape index (κ1) is 13.1. The van der Waals surface area contributed by atoms with E-state index in [1.54, 1.807) is 11.3 Å². The van der Waals surface area contributed by atoms with Gasteiger partial charge in [0.2, 0.25) is 5.91 Å². The third-order valence-electron chi connectivity index (χ3n) is 2.26. The minimum Gasteiger partial charge on any atom is -0.347 e. The zero-order valence-electron chi connectivity index (χ0n) is 9.82. The molecule has 4 nitrogen and oxygen atoms in total. The molecule has 0 spiro atoms. The smallest absolute Gasteiger partial charge is 0.217 e. The van der Waals surface area contributed by atoms with Gasteiger partial charge >= 0.3 is 0 Å². The molecule has 0 fully saturated rings. The molecule has 0 saturated carbocycles. The number of amides is 1. The van der Waals surface area contributed by atoms with Crippen LogP contribution in [0.15, 0.2) is 6.20 Å². The standard InChI is InChI=1S/C11H19N3OS/c1-8-7-13-11(16-8)10(14-9(2)15)5-3-4-6-12/h7,10H,3-6,12H2,1-2H3,(H,14,15)/t10-/m0/s1. The quantitative estimate of drug-likeness (QED) is 0.746. The lowest BCUT2D eigenvalue weighted by Gasteiger charge is -2.14. The van der Waals surface area contributed by atoms with Gasteiger partial charge in [-0.05, 0) is 32.7 Å². The van der Waals surface area contributed by atoms with Crippen LogP contribution in [0.5, 0.6) is 0 Å². The van der Waals surface area contributed by atoms with Crippen LogP contribution in [0.4, 0.5) is 0 Å². The Hall–Kier alpha value is -0.940. The monoisotopic (exact) mass is 241 g/mol. The number of nitrogens with two attached hydrogens (primary N) is 1. The third-order valence-corrected chi connectivity index (χ3v) is 3.29. The average molecular weight is 241 g/mol. The lowest BCUT2D eigenvalue weighted by Crippen LogP contribution is -2.26. The minimum absolute atomic E-state index is 0.00870. The van der Waals surface area contributed by atoms with E-state index in [2.05, 4.69) is 10.3 Å². The van der Waals surface area contributed by atoms with E-state index in [-0.39, 0.29) is 11.9 Å². The van der Waals surface area contributed by atoms with Crippen molar-refractivity contribution in [2.45, 2.75) is 39.2 Å². The fourth-order valence-electron chi connectivity index (χ4n) is 1.53. The van der Waals surface area contributed by atoms with E-state index in [1.165, 1.54) is 11.8 Å². The second-order valence-corrected chi connectivity index (χ2v) is 5.11. The Balaban J connectivity index is 2.59. The van der Waals surface area contributed by atoms with Crippen molar-refractivity contribution in [3.63, 3.8) is 0 Å². The Morgan fingerprint density at radius 2 is 2.38 bits per heavy atom. The van der Waals surface area contributed by atoms with Crippen molar-refractivity contribution in [1.82, 2.24) is 10.3 Å². The molecule has 1 aromatic heterocycles. The van der Waals surface area contributed by atoms with Gasteiger partial charge in [-0.2, -0.15) is 0 Å². The molecule has 0 radical (unpaired) electrons. The minimum atomic E-state index is -0.00870. The van der Waals surface area contributed by atoms with Crippen LogP contribution in [-0.2, 0) is 4.79 Å². The van der Waals surface area contributed by atoms with Gasteiger partial charge in [0.25, 0.3) is 0 Å². The predicted molar refractivity (Wildman–Crippen MR) is 66.3 cm³/mol. The molecule has 0 unspecified atom stereocenters. The zero-order valence-corrected chi connectivity index (χ0v) is 10.6. The normalized spacial score (nSPS) is 12.4. The number of aryl methyl sites for hydroxylation is 1. The highest BCUT2D eigenvalue weighted by Gasteiger charge is 2.15. The summed E-state index contributed by atoms with van der Waals surface area (Å²) in [6.45, 7) is 4.26. The second kappa shape index (κ2) is 6.60. The summed E-state index contributed by atoms with van der Waals surface area (Å²) in [4.78, 5) is 16.6. The third kappa shape index (κ3) is 4.28. The topological polar surface area (TPSA) is 68.0 Å². The number of carbonyl (C=O) groups excluding carboxylic acids is 1. The van der Waals surface area contributed by atoms with Crippen molar-refractivity contribution in [3.05, 3.63) is 16.1 Å². The summed E-state index contributed by atoms with van der Waals surface area (Å²) in [6, 6.07) is 0.0442. The van der Waals surface area contributed by atoms with Crippen LogP contribution in [0.3, 0.4) is 0 Å². The van der Waals surface area contributed by atoms with Crippen LogP contribution in [-0.4, -0.2) is 17.4 Å². The van der Waals surface area contributed by atoms with E-state index in [9.17, 15) is 4.79 Å².